The van der Waals surface area contributed by atoms with Crippen LogP contribution in [-0.2, 0) is 20.0 Å². The van der Waals surface area contributed by atoms with Crippen LogP contribution in [0.4, 0.5) is 0 Å². The number of nitrogens with one attached hydrogen (secondary N) is 1. The summed E-state index contributed by atoms with van der Waals surface area (Å²) in [6.45, 7) is 3.34. The molecule has 0 atom stereocenters. The minimum Gasteiger partial charge on any atom is -0.350 e. The lowest BCUT2D eigenvalue weighted by Gasteiger charge is -2.11. The number of rotatable bonds is 6. The van der Waals surface area contributed by atoms with Crippen molar-refractivity contribution in [3.8, 4) is 0 Å². The third-order valence-corrected chi connectivity index (χ3v) is 4.93. The van der Waals surface area contributed by atoms with E-state index in [0.717, 1.165) is 29.0 Å². The molecule has 142 valence electrons. The van der Waals surface area contributed by atoms with Crippen LogP contribution in [0, 0.1) is 6.92 Å². The number of carbonyl (C=O) groups excluding carboxylic acids is 1. The predicted molar refractivity (Wildman–Crippen MR) is 109 cm³/mol. The Balaban J connectivity index is 1.43. The highest BCUT2D eigenvalue weighted by Gasteiger charge is 2.15. The van der Waals surface area contributed by atoms with Crippen LogP contribution in [0.2, 0.25) is 0 Å². The molecule has 0 saturated heterocycles. The molecule has 0 unspecified atom stereocenters. The van der Waals surface area contributed by atoms with Crippen molar-refractivity contribution in [1.82, 2.24) is 24.6 Å². The van der Waals surface area contributed by atoms with Crippen LogP contribution in [0.3, 0.4) is 0 Å². The Labute approximate surface area is 163 Å². The Kier molecular flexibility index (Phi) is 4.93. The van der Waals surface area contributed by atoms with Crippen LogP contribution in [0.5, 0.6) is 0 Å². The van der Waals surface area contributed by atoms with Gasteiger partial charge < -0.3 is 9.88 Å². The largest absolute Gasteiger partial charge is 0.350 e. The molecule has 2 heterocycles. The fourth-order valence-electron chi connectivity index (χ4n) is 3.45. The van der Waals surface area contributed by atoms with Crippen molar-refractivity contribution in [3.05, 3.63) is 83.6 Å². The SMILES string of the molecule is Cc1cnc(CCNC(=O)c2nn(C)c3ccccc23)n1Cc1ccccc1. The number of hydrogen-bond acceptors (Lipinski definition) is 3. The standard InChI is InChI=1S/C22H23N5O/c1-16-14-24-20(27(16)15-17-8-4-3-5-9-17)12-13-23-22(28)21-18-10-6-7-11-19(18)26(2)25-21/h3-11,14H,12-13,15H2,1-2H3,(H,23,28). The average molecular weight is 373 g/mol. The van der Waals surface area contributed by atoms with Gasteiger partial charge in [0, 0.05) is 43.8 Å². The molecule has 6 heteroatoms. The number of amides is 1. The lowest BCUT2D eigenvalue weighted by molar-refractivity contribution is 0.0949. The molecule has 0 aliphatic carbocycles. The molecule has 6 nitrogen and oxygen atoms in total. The summed E-state index contributed by atoms with van der Waals surface area (Å²) >= 11 is 0. The molecule has 0 aliphatic heterocycles. The molecular weight excluding hydrogens is 350 g/mol. The van der Waals surface area contributed by atoms with E-state index in [0.29, 0.717) is 18.7 Å². The molecule has 0 radical (unpaired) electrons. The molecule has 0 bridgehead atoms. The molecule has 0 spiro atoms. The third-order valence-electron chi connectivity index (χ3n) is 4.93. The first-order chi connectivity index (χ1) is 13.6. The summed E-state index contributed by atoms with van der Waals surface area (Å²) in [7, 11) is 1.85. The summed E-state index contributed by atoms with van der Waals surface area (Å²) in [5.74, 6) is 0.808. The highest BCUT2D eigenvalue weighted by Crippen LogP contribution is 2.17. The van der Waals surface area contributed by atoms with Gasteiger partial charge in [-0.05, 0) is 18.6 Å². The third kappa shape index (κ3) is 3.53. The summed E-state index contributed by atoms with van der Waals surface area (Å²) in [4.78, 5) is 17.2. The summed E-state index contributed by atoms with van der Waals surface area (Å²) in [6, 6.07) is 18.1. The van der Waals surface area contributed by atoms with Crippen LogP contribution in [0.15, 0.2) is 60.8 Å². The zero-order valence-electron chi connectivity index (χ0n) is 16.1. The van der Waals surface area contributed by atoms with E-state index in [1.807, 2.05) is 55.7 Å². The van der Waals surface area contributed by atoms with Gasteiger partial charge in [-0.25, -0.2) is 4.98 Å². The van der Waals surface area contributed by atoms with Gasteiger partial charge >= 0.3 is 0 Å². The molecule has 4 aromatic rings. The molecule has 2 aromatic heterocycles. The van der Waals surface area contributed by atoms with Gasteiger partial charge in [0.15, 0.2) is 5.69 Å². The molecule has 4 rings (SSSR count). The van der Waals surface area contributed by atoms with Crippen molar-refractivity contribution in [3.63, 3.8) is 0 Å². The fourth-order valence-corrected chi connectivity index (χ4v) is 3.45. The smallest absolute Gasteiger partial charge is 0.272 e. The summed E-state index contributed by atoms with van der Waals surface area (Å²) < 4.78 is 3.93. The average Bonchev–Trinajstić information content (AvgIpc) is 3.24. The maximum atomic E-state index is 12.6. The Morgan fingerprint density at radius 2 is 1.82 bits per heavy atom. The quantitative estimate of drug-likeness (QED) is 0.565. The number of para-hydroxylation sites is 1. The number of fused-ring (bicyclic) bond motifs is 1. The minimum absolute atomic E-state index is 0.158. The second-order valence-corrected chi connectivity index (χ2v) is 6.88. The van der Waals surface area contributed by atoms with Gasteiger partial charge in [-0.15, -0.1) is 0 Å². The van der Waals surface area contributed by atoms with Gasteiger partial charge in [-0.1, -0.05) is 48.5 Å². The van der Waals surface area contributed by atoms with Gasteiger partial charge in [0.2, 0.25) is 0 Å². The first-order valence-corrected chi connectivity index (χ1v) is 9.38. The number of imidazole rings is 1. The highest BCUT2D eigenvalue weighted by molar-refractivity contribution is 6.04. The van der Waals surface area contributed by atoms with Crippen LogP contribution >= 0.6 is 0 Å². The molecule has 1 N–H and O–H groups in total. The van der Waals surface area contributed by atoms with Crippen LogP contribution in [0.1, 0.15) is 27.6 Å². The van der Waals surface area contributed by atoms with E-state index < -0.39 is 0 Å². The van der Waals surface area contributed by atoms with Crippen molar-refractivity contribution in [2.75, 3.05) is 6.54 Å². The first-order valence-electron chi connectivity index (χ1n) is 9.38. The lowest BCUT2D eigenvalue weighted by atomic mass is 10.2. The van der Waals surface area contributed by atoms with Gasteiger partial charge in [0.25, 0.3) is 5.91 Å². The van der Waals surface area contributed by atoms with E-state index in [-0.39, 0.29) is 5.91 Å². The minimum atomic E-state index is -0.158. The lowest BCUT2D eigenvalue weighted by Crippen LogP contribution is -2.27. The van der Waals surface area contributed by atoms with Gasteiger partial charge in [0.05, 0.1) is 5.52 Å². The molecule has 0 saturated carbocycles. The number of nitrogens with zero attached hydrogens (tertiary/aromatic N) is 4. The van der Waals surface area contributed by atoms with Gasteiger partial charge in [-0.3, -0.25) is 9.48 Å². The maximum absolute atomic E-state index is 12.6. The monoisotopic (exact) mass is 373 g/mol. The molecule has 1 amide bonds. The van der Waals surface area contributed by atoms with Crippen LogP contribution in [0.25, 0.3) is 10.9 Å². The number of aryl methyl sites for hydroxylation is 2. The molecule has 0 aliphatic rings. The highest BCUT2D eigenvalue weighted by atomic mass is 16.1. The van der Waals surface area contributed by atoms with E-state index in [9.17, 15) is 4.79 Å². The zero-order chi connectivity index (χ0) is 19.5. The second-order valence-electron chi connectivity index (χ2n) is 6.88. The summed E-state index contributed by atoms with van der Waals surface area (Å²) in [5.41, 5.74) is 3.75. The Hall–Kier alpha value is -3.41. The van der Waals surface area contributed by atoms with Crippen molar-refractivity contribution in [2.45, 2.75) is 19.9 Å². The van der Waals surface area contributed by atoms with Crippen LogP contribution in [-0.4, -0.2) is 31.8 Å². The number of aromatic nitrogens is 4. The molecule has 28 heavy (non-hydrogen) atoms. The second kappa shape index (κ2) is 7.68. The number of hydrogen-bond donors (Lipinski definition) is 1. The predicted octanol–water partition coefficient (Wildman–Crippen LogP) is 3.10. The maximum Gasteiger partial charge on any atom is 0.272 e. The topological polar surface area (TPSA) is 64.7 Å². The van der Waals surface area contributed by atoms with Crippen molar-refractivity contribution < 1.29 is 4.79 Å². The Bertz CT molecular complexity index is 1110. The van der Waals surface area contributed by atoms with Crippen molar-refractivity contribution in [1.29, 1.82) is 0 Å². The van der Waals surface area contributed by atoms with Crippen molar-refractivity contribution >= 4 is 16.8 Å². The van der Waals surface area contributed by atoms with E-state index in [2.05, 4.69) is 39.0 Å². The van der Waals surface area contributed by atoms with E-state index >= 15 is 0 Å². The van der Waals surface area contributed by atoms with E-state index in [1.165, 1.54) is 5.56 Å². The van der Waals surface area contributed by atoms with E-state index in [4.69, 9.17) is 0 Å². The molecule has 2 aromatic carbocycles. The normalized spacial score (nSPS) is 11.1. The van der Waals surface area contributed by atoms with Crippen molar-refractivity contribution in [2.24, 2.45) is 7.05 Å². The van der Waals surface area contributed by atoms with Crippen LogP contribution < -0.4 is 5.32 Å². The van der Waals surface area contributed by atoms with Gasteiger partial charge in [-0.2, -0.15) is 5.10 Å². The Morgan fingerprint density at radius 1 is 1.07 bits per heavy atom. The first kappa shape index (κ1) is 18.0. The zero-order valence-corrected chi connectivity index (χ0v) is 16.1. The number of carbonyl (C=O) groups is 1. The summed E-state index contributed by atoms with van der Waals surface area (Å²) in [6.07, 6.45) is 2.55. The fraction of sp³-hybridized carbons (Fsp3) is 0.227. The Morgan fingerprint density at radius 3 is 2.64 bits per heavy atom. The number of benzene rings is 2. The molecular formula is C22H23N5O. The van der Waals surface area contributed by atoms with Gasteiger partial charge in [0.1, 0.15) is 5.82 Å². The molecule has 0 fully saturated rings. The summed E-state index contributed by atoms with van der Waals surface area (Å²) in [5, 5.41) is 8.23. The van der Waals surface area contributed by atoms with E-state index in [1.54, 1.807) is 4.68 Å².